The van der Waals surface area contributed by atoms with Crippen LogP contribution in [-0.2, 0) is 4.79 Å². The molecule has 1 aromatic heterocycles. The van der Waals surface area contributed by atoms with Crippen molar-refractivity contribution in [1.82, 2.24) is 10.3 Å². The molecule has 5 nitrogen and oxygen atoms in total. The van der Waals surface area contributed by atoms with Gasteiger partial charge in [-0.2, -0.15) is 20.5 Å². The molecule has 0 saturated carbocycles. The number of aryl methyl sites for hydroxylation is 1. The van der Waals surface area contributed by atoms with Gasteiger partial charge in [0.2, 0.25) is 5.91 Å². The van der Waals surface area contributed by atoms with E-state index in [2.05, 4.69) is 20.4 Å². The van der Waals surface area contributed by atoms with E-state index in [9.17, 15) is 13.6 Å². The molecule has 1 aliphatic heterocycles. The first-order chi connectivity index (χ1) is 12.5. The van der Waals surface area contributed by atoms with E-state index < -0.39 is 6.61 Å². The Hall–Kier alpha value is -1.71. The molecule has 0 spiro atoms. The van der Waals surface area contributed by atoms with E-state index in [0.717, 1.165) is 34.2 Å². The van der Waals surface area contributed by atoms with E-state index in [0.29, 0.717) is 11.6 Å². The minimum Gasteiger partial charge on any atom is -0.435 e. The number of amides is 1. The Morgan fingerprint density at radius 1 is 1.42 bits per heavy atom. The lowest BCUT2D eigenvalue weighted by Gasteiger charge is -2.22. The average molecular weight is 399 g/mol. The Labute approximate surface area is 158 Å². The summed E-state index contributed by atoms with van der Waals surface area (Å²) in [5, 5.41) is 6.73. The maximum Gasteiger partial charge on any atom is 0.387 e. The highest BCUT2D eigenvalue weighted by Crippen LogP contribution is 2.31. The van der Waals surface area contributed by atoms with Crippen molar-refractivity contribution < 1.29 is 18.3 Å². The summed E-state index contributed by atoms with van der Waals surface area (Å²) in [5.41, 5.74) is 1.51. The van der Waals surface area contributed by atoms with Crippen LogP contribution in [-0.4, -0.2) is 41.6 Å². The topological polar surface area (TPSA) is 63.2 Å². The number of carbonyl (C=O) groups is 1. The fourth-order valence-corrected chi connectivity index (χ4v) is 4.46. The van der Waals surface area contributed by atoms with Crippen LogP contribution in [0.3, 0.4) is 0 Å². The molecule has 2 N–H and O–H groups in total. The van der Waals surface area contributed by atoms with Crippen molar-refractivity contribution in [3.05, 3.63) is 29.1 Å². The number of nitrogens with zero attached hydrogens (tertiary/aromatic N) is 1. The van der Waals surface area contributed by atoms with Crippen LogP contribution >= 0.6 is 23.1 Å². The highest BCUT2D eigenvalue weighted by atomic mass is 32.2. The predicted octanol–water partition coefficient (Wildman–Crippen LogP) is 3.75. The largest absolute Gasteiger partial charge is 0.435 e. The third kappa shape index (κ3) is 5.15. The van der Waals surface area contributed by atoms with E-state index in [-0.39, 0.29) is 17.7 Å². The van der Waals surface area contributed by atoms with E-state index in [4.69, 9.17) is 0 Å². The fourth-order valence-electron chi connectivity index (χ4n) is 2.66. The van der Waals surface area contributed by atoms with Crippen molar-refractivity contribution in [3.63, 3.8) is 0 Å². The summed E-state index contributed by atoms with van der Waals surface area (Å²) in [5.74, 6) is 2.05. The van der Waals surface area contributed by atoms with Crippen LogP contribution in [0.4, 0.5) is 13.9 Å². The lowest BCUT2D eigenvalue weighted by molar-refractivity contribution is -0.116. The molecule has 1 aliphatic rings. The molecule has 0 bridgehead atoms. The molecule has 2 aromatic rings. The van der Waals surface area contributed by atoms with E-state index in [1.165, 1.54) is 23.5 Å². The average Bonchev–Trinajstić information content (AvgIpc) is 2.96. The summed E-state index contributed by atoms with van der Waals surface area (Å²) in [6.45, 7) is -0.0133. The predicted molar refractivity (Wildman–Crippen MR) is 101 cm³/mol. The highest BCUT2D eigenvalue weighted by Gasteiger charge is 2.18. The zero-order chi connectivity index (χ0) is 18.5. The number of nitrogens with one attached hydrogen (secondary N) is 2. The number of thioether (sulfide) groups is 1. The molecule has 1 aromatic carbocycles. The van der Waals surface area contributed by atoms with Gasteiger partial charge >= 0.3 is 6.61 Å². The van der Waals surface area contributed by atoms with Crippen molar-refractivity contribution in [1.29, 1.82) is 0 Å². The molecule has 0 radical (unpaired) electrons. The number of hydrogen-bond acceptors (Lipinski definition) is 6. The molecule has 2 heterocycles. The first-order valence-corrected chi connectivity index (χ1v) is 10.1. The van der Waals surface area contributed by atoms with Gasteiger partial charge in [-0.25, -0.2) is 4.98 Å². The smallest absolute Gasteiger partial charge is 0.387 e. The highest BCUT2D eigenvalue weighted by molar-refractivity contribution is 7.99. The number of thiazole rings is 1. The maximum atomic E-state index is 12.2. The lowest BCUT2D eigenvalue weighted by Crippen LogP contribution is -2.39. The van der Waals surface area contributed by atoms with Crippen LogP contribution in [0.1, 0.15) is 11.3 Å². The number of halogens is 2. The van der Waals surface area contributed by atoms with Gasteiger partial charge in [0.25, 0.3) is 0 Å². The Morgan fingerprint density at radius 3 is 2.85 bits per heavy atom. The van der Waals surface area contributed by atoms with Crippen LogP contribution in [0.25, 0.3) is 11.3 Å². The van der Waals surface area contributed by atoms with Crippen LogP contribution < -0.4 is 15.4 Å². The Balaban J connectivity index is 1.63. The Morgan fingerprint density at radius 2 is 2.19 bits per heavy atom. The molecule has 1 unspecified atom stereocenters. The van der Waals surface area contributed by atoms with Gasteiger partial charge in [-0.05, 0) is 31.2 Å². The summed E-state index contributed by atoms with van der Waals surface area (Å²) in [7, 11) is 0. The van der Waals surface area contributed by atoms with Gasteiger partial charge in [-0.3, -0.25) is 4.79 Å². The Kier molecular flexibility index (Phi) is 6.44. The van der Waals surface area contributed by atoms with Crippen LogP contribution in [0.15, 0.2) is 24.3 Å². The van der Waals surface area contributed by atoms with Gasteiger partial charge in [0.15, 0.2) is 5.13 Å². The zero-order valence-corrected chi connectivity index (χ0v) is 15.8. The second-order valence-electron chi connectivity index (χ2n) is 5.80. The summed E-state index contributed by atoms with van der Waals surface area (Å²) in [6.07, 6.45) is 0.417. The van der Waals surface area contributed by atoms with Gasteiger partial charge in [0, 0.05) is 41.0 Å². The normalized spacial score (nSPS) is 17.3. The quantitative estimate of drug-likeness (QED) is 0.775. The van der Waals surface area contributed by atoms with Crippen molar-refractivity contribution in [2.45, 2.75) is 26.0 Å². The van der Waals surface area contributed by atoms with Gasteiger partial charge in [0.05, 0.1) is 5.69 Å². The van der Waals surface area contributed by atoms with E-state index in [1.54, 1.807) is 12.1 Å². The molecule has 1 fully saturated rings. The standard InChI is InChI=1S/C17H19F2N3O2S2/c1-10-15(11-2-4-13(5-3-11)24-16(18)19)22-17(26-10)21-14(23)8-12-9-25-7-6-20-12/h2-5,12,16,20H,6-9H2,1H3,(H,21,22,23). The third-order valence-corrected chi connectivity index (χ3v) is 5.84. The van der Waals surface area contributed by atoms with Crippen molar-refractivity contribution in [3.8, 4) is 17.0 Å². The van der Waals surface area contributed by atoms with Crippen LogP contribution in [0, 0.1) is 6.92 Å². The van der Waals surface area contributed by atoms with E-state index >= 15 is 0 Å². The summed E-state index contributed by atoms with van der Waals surface area (Å²) in [4.78, 5) is 17.6. The molecule has 9 heteroatoms. The first-order valence-electron chi connectivity index (χ1n) is 8.15. The molecule has 0 aliphatic carbocycles. The van der Waals surface area contributed by atoms with Gasteiger partial charge < -0.3 is 15.4 Å². The second kappa shape index (κ2) is 8.79. The monoisotopic (exact) mass is 399 g/mol. The first kappa shape index (κ1) is 19.1. The third-order valence-electron chi connectivity index (χ3n) is 3.83. The van der Waals surface area contributed by atoms with Crippen LogP contribution in [0.5, 0.6) is 5.75 Å². The van der Waals surface area contributed by atoms with Crippen LogP contribution in [0.2, 0.25) is 0 Å². The fraction of sp³-hybridized carbons (Fsp3) is 0.412. The van der Waals surface area contributed by atoms with Gasteiger partial charge in [-0.1, -0.05) is 0 Å². The number of carbonyl (C=O) groups excluding carboxylic acids is 1. The van der Waals surface area contributed by atoms with E-state index in [1.807, 2.05) is 18.7 Å². The number of benzene rings is 1. The molecular formula is C17H19F2N3O2S2. The lowest BCUT2D eigenvalue weighted by atomic mass is 10.1. The SMILES string of the molecule is Cc1sc(NC(=O)CC2CSCCN2)nc1-c1ccc(OC(F)F)cc1. The molecule has 3 rings (SSSR count). The Bertz CT molecular complexity index is 747. The minimum absolute atomic E-state index is 0.0639. The molecule has 1 atom stereocenters. The summed E-state index contributed by atoms with van der Waals surface area (Å²) in [6, 6.07) is 6.50. The van der Waals surface area contributed by atoms with Gasteiger partial charge in [0.1, 0.15) is 5.75 Å². The van der Waals surface area contributed by atoms with Gasteiger partial charge in [-0.15, -0.1) is 11.3 Å². The molecule has 1 saturated heterocycles. The molecule has 1 amide bonds. The minimum atomic E-state index is -2.85. The molecule has 26 heavy (non-hydrogen) atoms. The zero-order valence-electron chi connectivity index (χ0n) is 14.1. The second-order valence-corrected chi connectivity index (χ2v) is 8.16. The van der Waals surface area contributed by atoms with Crippen molar-refractivity contribution >= 4 is 34.1 Å². The van der Waals surface area contributed by atoms with Crippen molar-refractivity contribution in [2.24, 2.45) is 0 Å². The summed E-state index contributed by atoms with van der Waals surface area (Å²) < 4.78 is 28.8. The number of rotatable bonds is 6. The summed E-state index contributed by atoms with van der Waals surface area (Å²) >= 11 is 3.24. The molecular weight excluding hydrogens is 380 g/mol. The molecule has 140 valence electrons. The maximum absolute atomic E-state index is 12.2. The number of ether oxygens (including phenoxy) is 1. The number of hydrogen-bond donors (Lipinski definition) is 2. The number of alkyl halides is 2. The van der Waals surface area contributed by atoms with Crippen molar-refractivity contribution in [2.75, 3.05) is 23.4 Å². The number of anilines is 1. The number of aromatic nitrogens is 1.